The topological polar surface area (TPSA) is 55.6 Å². The van der Waals surface area contributed by atoms with Crippen LogP contribution in [-0.4, -0.2) is 26.8 Å². The normalized spacial score (nSPS) is 12.6. The minimum atomic E-state index is -0.849. The molecule has 1 unspecified atom stereocenters. The fourth-order valence-corrected chi connectivity index (χ4v) is 1.99. The lowest BCUT2D eigenvalue weighted by molar-refractivity contribution is 0.455. The van der Waals surface area contributed by atoms with Gasteiger partial charge in [0.05, 0.1) is 7.05 Å². The minimum Gasteiger partial charge on any atom is -0.309 e. The number of halogens is 2. The van der Waals surface area contributed by atoms with E-state index in [1.165, 1.54) is 10.9 Å². The number of aryl methyl sites for hydroxylation is 1. The zero-order valence-corrected chi connectivity index (χ0v) is 11.5. The predicted octanol–water partition coefficient (Wildman–Crippen LogP) is 1.77. The Morgan fingerprint density at radius 2 is 2.15 bits per heavy atom. The third-order valence-electron chi connectivity index (χ3n) is 2.93. The van der Waals surface area contributed by atoms with Crippen molar-refractivity contribution in [1.82, 2.24) is 25.5 Å². The van der Waals surface area contributed by atoms with Gasteiger partial charge in [-0.15, -0.1) is 10.2 Å². The molecule has 0 fully saturated rings. The van der Waals surface area contributed by atoms with E-state index in [1.54, 1.807) is 13.1 Å². The van der Waals surface area contributed by atoms with Crippen LogP contribution >= 0.6 is 0 Å². The second kappa shape index (κ2) is 6.51. The first-order valence-electron chi connectivity index (χ1n) is 6.52. The number of hydrogen-bond acceptors (Lipinski definition) is 4. The van der Waals surface area contributed by atoms with Crippen molar-refractivity contribution >= 4 is 0 Å². The van der Waals surface area contributed by atoms with Crippen LogP contribution in [0, 0.1) is 11.6 Å². The summed E-state index contributed by atoms with van der Waals surface area (Å²) in [6.07, 6.45) is 1.25. The van der Waals surface area contributed by atoms with Gasteiger partial charge in [-0.3, -0.25) is 0 Å². The summed E-state index contributed by atoms with van der Waals surface area (Å²) >= 11 is 0. The molecule has 0 aliphatic carbocycles. The Labute approximate surface area is 116 Å². The molecule has 108 valence electrons. The fourth-order valence-electron chi connectivity index (χ4n) is 1.99. The van der Waals surface area contributed by atoms with Crippen LogP contribution in [0.4, 0.5) is 8.78 Å². The molecule has 0 bridgehead atoms. The van der Waals surface area contributed by atoms with E-state index < -0.39 is 11.6 Å². The van der Waals surface area contributed by atoms with E-state index in [-0.39, 0.29) is 11.6 Å². The first-order chi connectivity index (χ1) is 9.61. The Balaban J connectivity index is 2.24. The Morgan fingerprint density at radius 1 is 1.35 bits per heavy atom. The molecule has 2 aromatic rings. The second-order valence-corrected chi connectivity index (χ2v) is 4.55. The summed E-state index contributed by atoms with van der Waals surface area (Å²) in [6, 6.07) is 3.80. The Morgan fingerprint density at radius 3 is 2.80 bits per heavy atom. The largest absolute Gasteiger partial charge is 0.309 e. The van der Waals surface area contributed by atoms with Gasteiger partial charge in [0.2, 0.25) is 0 Å². The molecule has 0 saturated heterocycles. The average Bonchev–Trinajstić information content (AvgIpc) is 2.83. The highest BCUT2D eigenvalue weighted by Gasteiger charge is 2.20. The Kier molecular flexibility index (Phi) is 4.73. The van der Waals surface area contributed by atoms with Crippen molar-refractivity contribution in [2.24, 2.45) is 7.05 Å². The van der Waals surface area contributed by atoms with Crippen LogP contribution < -0.4 is 5.32 Å². The summed E-state index contributed by atoms with van der Waals surface area (Å²) in [6.45, 7) is 2.70. The summed E-state index contributed by atoms with van der Waals surface area (Å²) in [4.78, 5) is 1.34. The average molecular weight is 281 g/mol. The van der Waals surface area contributed by atoms with E-state index in [1.807, 2.05) is 6.92 Å². The van der Waals surface area contributed by atoms with Gasteiger partial charge in [0.25, 0.3) is 0 Å². The number of nitrogens with zero attached hydrogens (tertiary/aromatic N) is 4. The van der Waals surface area contributed by atoms with Gasteiger partial charge in [-0.25, -0.2) is 8.78 Å². The van der Waals surface area contributed by atoms with E-state index in [9.17, 15) is 8.78 Å². The van der Waals surface area contributed by atoms with E-state index in [0.717, 1.165) is 12.5 Å². The van der Waals surface area contributed by atoms with Crippen molar-refractivity contribution in [3.05, 3.63) is 41.2 Å². The molecule has 1 atom stereocenters. The Hall–Kier alpha value is -1.89. The molecule has 0 spiro atoms. The number of rotatable bonds is 6. The molecular formula is C13H17F2N5. The van der Waals surface area contributed by atoms with Crippen molar-refractivity contribution in [2.75, 3.05) is 6.54 Å². The molecule has 5 nitrogen and oxygen atoms in total. The van der Waals surface area contributed by atoms with E-state index in [0.29, 0.717) is 18.8 Å². The van der Waals surface area contributed by atoms with Gasteiger partial charge >= 0.3 is 0 Å². The maximum absolute atomic E-state index is 13.9. The van der Waals surface area contributed by atoms with Crippen molar-refractivity contribution in [3.63, 3.8) is 0 Å². The number of hydrogen-bond donors (Lipinski definition) is 1. The molecular weight excluding hydrogens is 264 g/mol. The fraction of sp³-hybridized carbons (Fsp3) is 0.462. The van der Waals surface area contributed by atoms with Crippen molar-refractivity contribution in [1.29, 1.82) is 0 Å². The molecule has 0 aliphatic heterocycles. The van der Waals surface area contributed by atoms with Crippen molar-refractivity contribution in [3.8, 4) is 0 Å². The minimum absolute atomic E-state index is 0.283. The molecule has 0 amide bonds. The number of tetrazole rings is 1. The van der Waals surface area contributed by atoms with Gasteiger partial charge in [-0.05, 0) is 24.2 Å². The summed E-state index contributed by atoms with van der Waals surface area (Å²) in [5, 5.41) is 14.9. The summed E-state index contributed by atoms with van der Waals surface area (Å²) in [5.74, 6) is -1.19. The quantitative estimate of drug-likeness (QED) is 0.877. The zero-order valence-electron chi connectivity index (χ0n) is 11.5. The molecule has 1 N–H and O–H groups in total. The lowest BCUT2D eigenvalue weighted by Gasteiger charge is -2.18. The van der Waals surface area contributed by atoms with E-state index in [2.05, 4.69) is 20.7 Å². The maximum Gasteiger partial charge on any atom is 0.176 e. The lowest BCUT2D eigenvalue weighted by Crippen LogP contribution is -2.25. The van der Waals surface area contributed by atoms with Gasteiger partial charge in [-0.1, -0.05) is 19.1 Å². The number of nitrogens with one attached hydrogen (secondary N) is 1. The van der Waals surface area contributed by atoms with Crippen LogP contribution in [-0.2, 0) is 13.5 Å². The standard InChI is InChI=1S/C13H17F2N5/c1-3-7-16-11(8-12-17-19-20(2)18-12)9-5-4-6-10(14)13(9)15/h4-6,11,16H,3,7-8H2,1-2H3. The second-order valence-electron chi connectivity index (χ2n) is 4.55. The molecule has 7 heteroatoms. The molecule has 0 aliphatic rings. The summed E-state index contributed by atoms with van der Waals surface area (Å²) in [7, 11) is 1.66. The lowest BCUT2D eigenvalue weighted by atomic mass is 10.0. The van der Waals surface area contributed by atoms with Crippen LogP contribution in [0.25, 0.3) is 0 Å². The van der Waals surface area contributed by atoms with E-state index >= 15 is 0 Å². The monoisotopic (exact) mass is 281 g/mol. The van der Waals surface area contributed by atoms with Gasteiger partial charge in [-0.2, -0.15) is 4.80 Å². The highest BCUT2D eigenvalue weighted by atomic mass is 19.2. The van der Waals surface area contributed by atoms with Crippen LogP contribution in [0.2, 0.25) is 0 Å². The van der Waals surface area contributed by atoms with Crippen molar-refractivity contribution < 1.29 is 8.78 Å². The van der Waals surface area contributed by atoms with Gasteiger partial charge in [0.1, 0.15) is 0 Å². The third-order valence-corrected chi connectivity index (χ3v) is 2.93. The molecule has 1 heterocycles. The third kappa shape index (κ3) is 3.36. The van der Waals surface area contributed by atoms with Gasteiger partial charge in [0, 0.05) is 18.0 Å². The van der Waals surface area contributed by atoms with Crippen LogP contribution in [0.1, 0.15) is 30.8 Å². The summed E-state index contributed by atoms with van der Waals surface area (Å²) in [5.41, 5.74) is 0.283. The van der Waals surface area contributed by atoms with Gasteiger partial charge in [0.15, 0.2) is 17.5 Å². The molecule has 20 heavy (non-hydrogen) atoms. The molecule has 1 aromatic carbocycles. The molecule has 0 saturated carbocycles. The van der Waals surface area contributed by atoms with Crippen LogP contribution in [0.5, 0.6) is 0 Å². The first kappa shape index (κ1) is 14.5. The first-order valence-corrected chi connectivity index (χ1v) is 6.52. The summed E-state index contributed by atoms with van der Waals surface area (Å²) < 4.78 is 27.3. The van der Waals surface area contributed by atoms with Gasteiger partial charge < -0.3 is 5.32 Å². The molecule has 1 aromatic heterocycles. The smallest absolute Gasteiger partial charge is 0.176 e. The predicted molar refractivity (Wildman–Crippen MR) is 69.9 cm³/mol. The zero-order chi connectivity index (χ0) is 14.5. The van der Waals surface area contributed by atoms with Crippen molar-refractivity contribution in [2.45, 2.75) is 25.8 Å². The Bertz CT molecular complexity index is 570. The SMILES string of the molecule is CCCNC(Cc1nnn(C)n1)c1cccc(F)c1F. The number of benzene rings is 1. The van der Waals surface area contributed by atoms with E-state index in [4.69, 9.17) is 0 Å². The highest BCUT2D eigenvalue weighted by Crippen LogP contribution is 2.21. The number of aromatic nitrogens is 4. The highest BCUT2D eigenvalue weighted by molar-refractivity contribution is 5.23. The maximum atomic E-state index is 13.9. The van der Waals surface area contributed by atoms with Crippen LogP contribution in [0.3, 0.4) is 0 Å². The van der Waals surface area contributed by atoms with Crippen LogP contribution in [0.15, 0.2) is 18.2 Å². The molecule has 2 rings (SSSR count). The molecule has 0 radical (unpaired) electrons.